The molecule has 0 bridgehead atoms. The van der Waals surface area contributed by atoms with Gasteiger partial charge in [-0.25, -0.2) is 4.98 Å². The SMILES string of the molecule is O=C1Nc2ncccc2/C1=C/Cc1c[nH]c2ccccc12. The predicted octanol–water partition coefficient (Wildman–Crippen LogP) is 3.14. The number of nitrogens with zero attached hydrogens (tertiary/aromatic N) is 1. The van der Waals surface area contributed by atoms with Crippen LogP contribution in [0.4, 0.5) is 5.82 Å². The van der Waals surface area contributed by atoms with Crippen molar-refractivity contribution in [2.45, 2.75) is 6.42 Å². The lowest BCUT2D eigenvalue weighted by molar-refractivity contribution is -0.110. The molecular formula is C17H13N3O. The molecule has 2 N–H and O–H groups in total. The zero-order chi connectivity index (χ0) is 14.2. The number of amides is 1. The average Bonchev–Trinajstić information content (AvgIpc) is 3.06. The van der Waals surface area contributed by atoms with Crippen LogP contribution in [0, 0.1) is 0 Å². The molecule has 0 fully saturated rings. The van der Waals surface area contributed by atoms with Gasteiger partial charge in [-0.15, -0.1) is 0 Å². The molecule has 0 spiro atoms. The van der Waals surface area contributed by atoms with E-state index in [4.69, 9.17) is 0 Å². The molecule has 21 heavy (non-hydrogen) atoms. The molecule has 1 amide bonds. The first-order valence-electron chi connectivity index (χ1n) is 6.85. The smallest absolute Gasteiger partial charge is 0.257 e. The van der Waals surface area contributed by atoms with E-state index in [9.17, 15) is 4.79 Å². The zero-order valence-electron chi connectivity index (χ0n) is 11.3. The molecule has 3 heterocycles. The van der Waals surface area contributed by atoms with Crippen LogP contribution in [0.2, 0.25) is 0 Å². The number of hydrogen-bond acceptors (Lipinski definition) is 2. The maximum absolute atomic E-state index is 12.0. The summed E-state index contributed by atoms with van der Waals surface area (Å²) in [4.78, 5) is 19.5. The molecule has 1 aliphatic heterocycles. The van der Waals surface area contributed by atoms with E-state index in [-0.39, 0.29) is 5.91 Å². The Hall–Kier alpha value is -2.88. The summed E-state index contributed by atoms with van der Waals surface area (Å²) >= 11 is 0. The van der Waals surface area contributed by atoms with Gasteiger partial charge in [-0.05, 0) is 30.2 Å². The van der Waals surface area contributed by atoms with E-state index in [2.05, 4.69) is 21.4 Å². The van der Waals surface area contributed by atoms with Crippen molar-refractivity contribution in [2.24, 2.45) is 0 Å². The Morgan fingerprint density at radius 2 is 2.05 bits per heavy atom. The summed E-state index contributed by atoms with van der Waals surface area (Å²) in [6.45, 7) is 0. The van der Waals surface area contributed by atoms with Crippen molar-refractivity contribution in [3.63, 3.8) is 0 Å². The molecule has 4 rings (SSSR count). The predicted molar refractivity (Wildman–Crippen MR) is 82.8 cm³/mol. The Morgan fingerprint density at radius 3 is 3.00 bits per heavy atom. The lowest BCUT2D eigenvalue weighted by Gasteiger charge is -1.97. The van der Waals surface area contributed by atoms with Crippen molar-refractivity contribution >= 4 is 28.2 Å². The first-order valence-corrected chi connectivity index (χ1v) is 6.85. The number of hydrogen-bond donors (Lipinski definition) is 2. The summed E-state index contributed by atoms with van der Waals surface area (Å²) in [7, 11) is 0. The Bertz CT molecular complexity index is 876. The zero-order valence-corrected chi connectivity index (χ0v) is 11.3. The van der Waals surface area contributed by atoms with Crippen LogP contribution in [0.3, 0.4) is 0 Å². The van der Waals surface area contributed by atoms with Gasteiger partial charge in [0.2, 0.25) is 0 Å². The second-order valence-corrected chi connectivity index (χ2v) is 5.04. The molecule has 0 unspecified atom stereocenters. The number of para-hydroxylation sites is 1. The summed E-state index contributed by atoms with van der Waals surface area (Å²) in [5, 5.41) is 3.98. The van der Waals surface area contributed by atoms with Gasteiger partial charge in [0.25, 0.3) is 5.91 Å². The Morgan fingerprint density at radius 1 is 1.14 bits per heavy atom. The van der Waals surface area contributed by atoms with Crippen molar-refractivity contribution in [2.75, 3.05) is 5.32 Å². The van der Waals surface area contributed by atoms with Gasteiger partial charge >= 0.3 is 0 Å². The molecule has 3 aromatic rings. The third-order valence-electron chi connectivity index (χ3n) is 3.78. The largest absolute Gasteiger partial charge is 0.361 e. The number of fused-ring (bicyclic) bond motifs is 2. The molecule has 4 heteroatoms. The summed E-state index contributed by atoms with van der Waals surface area (Å²) < 4.78 is 0. The molecule has 0 aliphatic carbocycles. The number of aromatic nitrogens is 2. The number of benzene rings is 1. The fourth-order valence-corrected chi connectivity index (χ4v) is 2.73. The van der Waals surface area contributed by atoms with Crippen LogP contribution in [0.5, 0.6) is 0 Å². The highest BCUT2D eigenvalue weighted by atomic mass is 16.2. The van der Waals surface area contributed by atoms with Gasteiger partial charge in [-0.2, -0.15) is 0 Å². The highest BCUT2D eigenvalue weighted by Crippen LogP contribution is 2.30. The fraction of sp³-hybridized carbons (Fsp3) is 0.0588. The minimum atomic E-state index is -0.0801. The van der Waals surface area contributed by atoms with E-state index >= 15 is 0 Å². The van der Waals surface area contributed by atoms with Crippen LogP contribution >= 0.6 is 0 Å². The van der Waals surface area contributed by atoms with Gasteiger partial charge in [-0.1, -0.05) is 24.3 Å². The van der Waals surface area contributed by atoms with Gasteiger partial charge < -0.3 is 10.3 Å². The third-order valence-corrected chi connectivity index (χ3v) is 3.78. The fourth-order valence-electron chi connectivity index (χ4n) is 2.73. The van der Waals surface area contributed by atoms with Crippen molar-refractivity contribution in [3.05, 3.63) is 66.0 Å². The number of aromatic amines is 1. The van der Waals surface area contributed by atoms with Gasteiger partial charge in [0, 0.05) is 34.4 Å². The average molecular weight is 275 g/mol. The first-order chi connectivity index (χ1) is 10.3. The quantitative estimate of drug-likeness (QED) is 0.706. The van der Waals surface area contributed by atoms with Gasteiger partial charge in [0.15, 0.2) is 0 Å². The highest BCUT2D eigenvalue weighted by molar-refractivity contribution is 6.31. The lowest BCUT2D eigenvalue weighted by Crippen LogP contribution is -2.04. The topological polar surface area (TPSA) is 57.8 Å². The van der Waals surface area contributed by atoms with E-state index in [0.29, 0.717) is 17.8 Å². The molecule has 102 valence electrons. The van der Waals surface area contributed by atoms with E-state index in [1.807, 2.05) is 42.6 Å². The highest BCUT2D eigenvalue weighted by Gasteiger charge is 2.24. The Kier molecular flexibility index (Phi) is 2.60. The number of nitrogens with one attached hydrogen (secondary N) is 2. The number of H-pyrrole nitrogens is 1. The van der Waals surface area contributed by atoms with Crippen molar-refractivity contribution in [3.8, 4) is 0 Å². The molecular weight excluding hydrogens is 262 g/mol. The van der Waals surface area contributed by atoms with Crippen molar-refractivity contribution < 1.29 is 4.79 Å². The van der Waals surface area contributed by atoms with E-state index in [1.165, 1.54) is 10.9 Å². The monoisotopic (exact) mass is 275 g/mol. The number of carbonyl (C=O) groups excluding carboxylic acids is 1. The lowest BCUT2D eigenvalue weighted by atomic mass is 10.0. The molecule has 2 aromatic heterocycles. The van der Waals surface area contributed by atoms with Gasteiger partial charge in [0.1, 0.15) is 5.82 Å². The van der Waals surface area contributed by atoms with E-state index < -0.39 is 0 Å². The molecule has 0 radical (unpaired) electrons. The summed E-state index contributed by atoms with van der Waals surface area (Å²) in [5.41, 5.74) is 3.87. The Labute approximate surface area is 121 Å². The molecule has 0 saturated carbocycles. The van der Waals surface area contributed by atoms with E-state index in [1.54, 1.807) is 6.20 Å². The molecule has 0 saturated heterocycles. The van der Waals surface area contributed by atoms with Crippen LogP contribution in [0.15, 0.2) is 54.9 Å². The van der Waals surface area contributed by atoms with Crippen LogP contribution in [-0.2, 0) is 11.2 Å². The summed E-state index contributed by atoms with van der Waals surface area (Å²) in [6, 6.07) is 11.9. The second-order valence-electron chi connectivity index (χ2n) is 5.04. The number of carbonyl (C=O) groups is 1. The van der Waals surface area contributed by atoms with Gasteiger partial charge in [0.05, 0.1) is 0 Å². The van der Waals surface area contributed by atoms with Crippen molar-refractivity contribution in [1.82, 2.24) is 9.97 Å². The standard InChI is InChI=1S/C17H13N3O/c21-17-14(13-5-3-9-18-16(13)20-17)8-7-11-10-19-15-6-2-1-4-12(11)15/h1-6,8-10,19H,7H2,(H,18,20,21)/b14-8-. The minimum Gasteiger partial charge on any atom is -0.361 e. The maximum Gasteiger partial charge on any atom is 0.257 e. The summed E-state index contributed by atoms with van der Waals surface area (Å²) in [6.07, 6.45) is 6.36. The van der Waals surface area contributed by atoms with Gasteiger partial charge in [-0.3, -0.25) is 4.79 Å². The number of rotatable bonds is 2. The van der Waals surface area contributed by atoms with Crippen LogP contribution < -0.4 is 5.32 Å². The molecule has 0 atom stereocenters. The molecule has 1 aromatic carbocycles. The normalized spacial score (nSPS) is 15.4. The number of allylic oxidation sites excluding steroid dienone is 1. The van der Waals surface area contributed by atoms with Crippen LogP contribution in [-0.4, -0.2) is 15.9 Å². The molecule has 1 aliphatic rings. The van der Waals surface area contributed by atoms with Crippen molar-refractivity contribution in [1.29, 1.82) is 0 Å². The molecule has 4 nitrogen and oxygen atoms in total. The minimum absolute atomic E-state index is 0.0801. The first kappa shape index (κ1) is 11.9. The third kappa shape index (κ3) is 1.92. The number of pyridine rings is 1. The number of anilines is 1. The van der Waals surface area contributed by atoms with Crippen LogP contribution in [0.25, 0.3) is 16.5 Å². The maximum atomic E-state index is 12.0. The summed E-state index contributed by atoms with van der Waals surface area (Å²) in [5.74, 6) is 0.566. The second kappa shape index (κ2) is 4.59. The van der Waals surface area contributed by atoms with E-state index in [0.717, 1.165) is 11.1 Å². The Balaban J connectivity index is 1.71. The van der Waals surface area contributed by atoms with Crippen LogP contribution in [0.1, 0.15) is 11.1 Å².